The van der Waals surface area contributed by atoms with Gasteiger partial charge in [-0.25, -0.2) is 4.98 Å². The molecule has 146 valence electrons. The molecule has 3 aromatic heterocycles. The molecule has 0 atom stereocenters. The highest BCUT2D eigenvalue weighted by Crippen LogP contribution is 2.33. The number of alkyl halides is 3. The Morgan fingerprint density at radius 3 is 2.59 bits per heavy atom. The van der Waals surface area contributed by atoms with Crippen molar-refractivity contribution in [3.05, 3.63) is 57.8 Å². The summed E-state index contributed by atoms with van der Waals surface area (Å²) in [5.74, 6) is 0.165. The minimum absolute atomic E-state index is 0.00880. The van der Waals surface area contributed by atoms with E-state index in [0.717, 1.165) is 22.2 Å². The standard InChI is InChI=1S/C18H8Cl2F3N5O/c19-12-5-9(3-4-24)1-2-11(12)15-26-17(29-27-15)14-8-28-7-10(18(21,22)23)6-13(20)16(28)25-14/h1-2,5-8H,3H2. The number of rotatable bonds is 3. The zero-order valence-corrected chi connectivity index (χ0v) is 15.7. The number of aromatic nitrogens is 4. The van der Waals surface area contributed by atoms with Crippen LogP contribution in [0, 0.1) is 11.3 Å². The summed E-state index contributed by atoms with van der Waals surface area (Å²) in [6, 6.07) is 7.82. The summed E-state index contributed by atoms with van der Waals surface area (Å²) in [7, 11) is 0. The first-order chi connectivity index (χ1) is 13.8. The van der Waals surface area contributed by atoms with Crippen LogP contribution in [0.15, 0.2) is 41.2 Å². The predicted octanol–water partition coefficient (Wildman–Crippen LogP) is 5.44. The Morgan fingerprint density at radius 2 is 1.90 bits per heavy atom. The van der Waals surface area contributed by atoms with Crippen molar-refractivity contribution >= 4 is 28.8 Å². The van der Waals surface area contributed by atoms with Gasteiger partial charge in [-0.3, -0.25) is 0 Å². The van der Waals surface area contributed by atoms with Crippen LogP contribution in [-0.2, 0) is 12.6 Å². The predicted molar refractivity (Wildman–Crippen MR) is 98.3 cm³/mol. The first kappa shape index (κ1) is 19.2. The van der Waals surface area contributed by atoms with E-state index in [-0.39, 0.29) is 34.5 Å². The number of imidazole rings is 1. The van der Waals surface area contributed by atoms with Crippen molar-refractivity contribution in [3.63, 3.8) is 0 Å². The van der Waals surface area contributed by atoms with Gasteiger partial charge in [0.2, 0.25) is 5.82 Å². The van der Waals surface area contributed by atoms with Gasteiger partial charge in [-0.1, -0.05) is 34.4 Å². The maximum atomic E-state index is 13.0. The summed E-state index contributed by atoms with van der Waals surface area (Å²) < 4.78 is 45.2. The van der Waals surface area contributed by atoms with Crippen LogP contribution >= 0.6 is 23.2 Å². The normalized spacial score (nSPS) is 11.7. The summed E-state index contributed by atoms with van der Waals surface area (Å²) >= 11 is 12.2. The van der Waals surface area contributed by atoms with E-state index in [9.17, 15) is 13.2 Å². The molecule has 0 aliphatic heterocycles. The van der Waals surface area contributed by atoms with Gasteiger partial charge in [0.25, 0.3) is 5.89 Å². The van der Waals surface area contributed by atoms with Crippen molar-refractivity contribution < 1.29 is 17.7 Å². The molecule has 1 aromatic carbocycles. The smallest absolute Gasteiger partial charge is 0.332 e. The topological polar surface area (TPSA) is 80.0 Å². The summed E-state index contributed by atoms with van der Waals surface area (Å²) in [5, 5.41) is 12.8. The fourth-order valence-electron chi connectivity index (χ4n) is 2.69. The first-order valence-corrected chi connectivity index (χ1v) is 8.77. The van der Waals surface area contributed by atoms with Crippen LogP contribution in [-0.4, -0.2) is 19.5 Å². The Balaban J connectivity index is 1.72. The van der Waals surface area contributed by atoms with Crippen molar-refractivity contribution in [2.75, 3.05) is 0 Å². The number of nitriles is 1. The van der Waals surface area contributed by atoms with Gasteiger partial charge in [-0.05, 0) is 23.8 Å². The lowest BCUT2D eigenvalue weighted by Gasteiger charge is -2.07. The molecular weight excluding hydrogens is 430 g/mol. The second kappa shape index (κ2) is 7.06. The van der Waals surface area contributed by atoms with Gasteiger partial charge in [-0.15, -0.1) is 0 Å². The molecule has 3 heterocycles. The molecule has 29 heavy (non-hydrogen) atoms. The van der Waals surface area contributed by atoms with E-state index in [1.807, 2.05) is 6.07 Å². The van der Waals surface area contributed by atoms with Gasteiger partial charge >= 0.3 is 6.18 Å². The minimum Gasteiger partial charge on any atom is -0.332 e. The van der Waals surface area contributed by atoms with E-state index in [0.29, 0.717) is 10.6 Å². The molecule has 11 heteroatoms. The Labute approximate surface area is 171 Å². The Kier molecular flexibility index (Phi) is 4.68. The lowest BCUT2D eigenvalue weighted by molar-refractivity contribution is -0.137. The fourth-order valence-corrected chi connectivity index (χ4v) is 3.24. The molecule has 0 fully saturated rings. The van der Waals surface area contributed by atoms with Gasteiger partial charge < -0.3 is 8.92 Å². The number of hydrogen-bond acceptors (Lipinski definition) is 5. The quantitative estimate of drug-likeness (QED) is 0.426. The number of nitrogens with zero attached hydrogens (tertiary/aromatic N) is 5. The molecule has 0 N–H and O–H groups in total. The van der Waals surface area contributed by atoms with Crippen molar-refractivity contribution in [3.8, 4) is 29.0 Å². The molecule has 0 aliphatic carbocycles. The van der Waals surface area contributed by atoms with Gasteiger partial charge in [0.1, 0.15) is 5.69 Å². The second-order valence-electron chi connectivity index (χ2n) is 6.00. The highest BCUT2D eigenvalue weighted by atomic mass is 35.5. The fraction of sp³-hybridized carbons (Fsp3) is 0.111. The number of halogens is 5. The van der Waals surface area contributed by atoms with Crippen LogP contribution in [0.1, 0.15) is 11.1 Å². The van der Waals surface area contributed by atoms with Gasteiger partial charge in [-0.2, -0.15) is 23.4 Å². The summed E-state index contributed by atoms with van der Waals surface area (Å²) in [6.07, 6.45) is -2.15. The molecule has 0 bridgehead atoms. The SMILES string of the molecule is N#CCc1ccc(-c2noc(-c3cn4cc(C(F)(F)F)cc(Cl)c4n3)n2)c(Cl)c1. The Morgan fingerprint density at radius 1 is 1.10 bits per heavy atom. The molecule has 4 rings (SSSR count). The van der Waals surface area contributed by atoms with Crippen molar-refractivity contribution in [2.45, 2.75) is 12.6 Å². The van der Waals surface area contributed by atoms with Gasteiger partial charge in [0.15, 0.2) is 5.65 Å². The van der Waals surface area contributed by atoms with Crippen molar-refractivity contribution in [1.29, 1.82) is 5.26 Å². The van der Waals surface area contributed by atoms with Crippen LogP contribution in [0.2, 0.25) is 10.0 Å². The van der Waals surface area contributed by atoms with Crippen LogP contribution in [0.4, 0.5) is 13.2 Å². The maximum Gasteiger partial charge on any atom is 0.417 e. The summed E-state index contributed by atoms with van der Waals surface area (Å²) in [4.78, 5) is 8.39. The van der Waals surface area contributed by atoms with Crippen LogP contribution < -0.4 is 0 Å². The lowest BCUT2D eigenvalue weighted by Crippen LogP contribution is -2.06. The summed E-state index contributed by atoms with van der Waals surface area (Å²) in [5.41, 5.74) is 0.579. The third-order valence-corrected chi connectivity index (χ3v) is 4.63. The minimum atomic E-state index is -4.55. The Hall–Kier alpha value is -3.09. The molecule has 0 amide bonds. The highest BCUT2D eigenvalue weighted by Gasteiger charge is 2.32. The van der Waals surface area contributed by atoms with E-state index >= 15 is 0 Å². The largest absolute Gasteiger partial charge is 0.417 e. The molecule has 4 aromatic rings. The molecule has 0 saturated heterocycles. The van der Waals surface area contributed by atoms with Crippen LogP contribution in [0.3, 0.4) is 0 Å². The molecule has 0 unspecified atom stereocenters. The average molecular weight is 438 g/mol. The number of hydrogen-bond donors (Lipinski definition) is 0. The molecule has 0 radical (unpaired) electrons. The molecule has 0 aliphatic rings. The lowest BCUT2D eigenvalue weighted by atomic mass is 10.1. The molecule has 0 spiro atoms. The van der Waals surface area contributed by atoms with Crippen LogP contribution in [0.25, 0.3) is 28.6 Å². The van der Waals surface area contributed by atoms with E-state index in [1.165, 1.54) is 6.20 Å². The molecule has 0 saturated carbocycles. The van der Waals surface area contributed by atoms with E-state index in [4.69, 9.17) is 33.0 Å². The van der Waals surface area contributed by atoms with Gasteiger partial charge in [0.05, 0.1) is 28.1 Å². The van der Waals surface area contributed by atoms with E-state index < -0.39 is 11.7 Å². The van der Waals surface area contributed by atoms with Crippen LogP contribution in [0.5, 0.6) is 0 Å². The van der Waals surface area contributed by atoms with Crippen molar-refractivity contribution in [1.82, 2.24) is 19.5 Å². The summed E-state index contributed by atoms with van der Waals surface area (Å²) in [6.45, 7) is 0. The van der Waals surface area contributed by atoms with Gasteiger partial charge in [0, 0.05) is 18.0 Å². The number of pyridine rings is 1. The molecular formula is C18H8Cl2F3N5O. The number of benzene rings is 1. The zero-order chi connectivity index (χ0) is 20.8. The van der Waals surface area contributed by atoms with Crippen molar-refractivity contribution in [2.24, 2.45) is 0 Å². The third kappa shape index (κ3) is 3.64. The molecule has 6 nitrogen and oxygen atoms in total. The van der Waals surface area contributed by atoms with E-state index in [2.05, 4.69) is 15.1 Å². The number of fused-ring (bicyclic) bond motifs is 1. The Bertz CT molecular complexity index is 1270. The first-order valence-electron chi connectivity index (χ1n) is 8.01. The highest BCUT2D eigenvalue weighted by molar-refractivity contribution is 6.33. The maximum absolute atomic E-state index is 13.0. The van der Waals surface area contributed by atoms with E-state index in [1.54, 1.807) is 18.2 Å². The second-order valence-corrected chi connectivity index (χ2v) is 6.82. The zero-order valence-electron chi connectivity index (χ0n) is 14.2. The average Bonchev–Trinajstić information content (AvgIpc) is 3.28. The monoisotopic (exact) mass is 437 g/mol. The third-order valence-electron chi connectivity index (χ3n) is 4.04.